The summed E-state index contributed by atoms with van der Waals surface area (Å²) < 4.78 is 3.22. The van der Waals surface area contributed by atoms with E-state index in [0.717, 1.165) is 26.7 Å². The first-order valence-electron chi connectivity index (χ1n) is 7.49. The molecule has 0 saturated heterocycles. The van der Waals surface area contributed by atoms with E-state index >= 15 is 0 Å². The van der Waals surface area contributed by atoms with Gasteiger partial charge in [-0.3, -0.25) is 4.79 Å². The van der Waals surface area contributed by atoms with Crippen molar-refractivity contribution in [2.75, 3.05) is 20.6 Å². The van der Waals surface area contributed by atoms with Crippen LogP contribution in [-0.2, 0) is 4.79 Å². The average Bonchev–Trinajstić information content (AvgIpc) is 2.51. The van der Waals surface area contributed by atoms with Crippen molar-refractivity contribution < 1.29 is 14.7 Å². The van der Waals surface area contributed by atoms with Crippen LogP contribution in [0.15, 0.2) is 17.1 Å². The van der Waals surface area contributed by atoms with E-state index in [1.807, 2.05) is 32.9 Å². The Kier molecular flexibility index (Phi) is 3.23. The lowest BCUT2D eigenvalue weighted by Gasteiger charge is -2.28. The lowest BCUT2D eigenvalue weighted by atomic mass is 10.0. The second-order valence-corrected chi connectivity index (χ2v) is 5.98. The van der Waals surface area contributed by atoms with Gasteiger partial charge in [-0.2, -0.15) is 4.58 Å². The third-order valence-electron chi connectivity index (χ3n) is 4.67. The number of nitrogens with zero attached hydrogens (tertiary/aromatic N) is 4. The molecule has 1 atom stereocenters. The minimum atomic E-state index is -1.97. The second-order valence-electron chi connectivity index (χ2n) is 5.98. The number of urea groups is 1. The summed E-state index contributed by atoms with van der Waals surface area (Å²) in [6.07, 6.45) is 0. The number of carbonyl (C=O) groups is 2. The molecule has 0 fully saturated rings. The van der Waals surface area contributed by atoms with Gasteiger partial charge in [0.25, 0.3) is 5.36 Å². The van der Waals surface area contributed by atoms with Gasteiger partial charge >= 0.3 is 23.5 Å². The fourth-order valence-corrected chi connectivity index (χ4v) is 3.16. The molecule has 1 N–H and O–H groups in total. The highest BCUT2D eigenvalue weighted by molar-refractivity contribution is 6.21. The van der Waals surface area contributed by atoms with Gasteiger partial charge in [0.1, 0.15) is 6.54 Å². The van der Waals surface area contributed by atoms with Crippen molar-refractivity contribution in [1.82, 2.24) is 14.1 Å². The Hall–Kier alpha value is -2.41. The van der Waals surface area contributed by atoms with E-state index in [4.69, 9.17) is 0 Å². The van der Waals surface area contributed by atoms with Gasteiger partial charge in [0, 0.05) is 18.1 Å². The number of hydrogen-bond acceptors (Lipinski definition) is 3. The molecule has 0 aliphatic carbocycles. The van der Waals surface area contributed by atoms with Crippen molar-refractivity contribution >= 4 is 17.8 Å². The summed E-state index contributed by atoms with van der Waals surface area (Å²) in [5.74, 6) is -0.645. The Morgan fingerprint density at radius 3 is 2.35 bits per heavy atom. The van der Waals surface area contributed by atoms with E-state index in [-0.39, 0.29) is 5.84 Å². The number of hydrogen-bond donors (Lipinski definition) is 1. The normalized spacial score (nSPS) is 23.7. The van der Waals surface area contributed by atoms with Crippen molar-refractivity contribution in [3.63, 3.8) is 0 Å². The SMILES string of the molecule is CC[N+]1=c2cc(C)c(C)cc2=[N+](C)C2=NC(=O)N(C)C(=O)C21O. The molecule has 2 aliphatic rings. The van der Waals surface area contributed by atoms with Crippen molar-refractivity contribution in [2.24, 2.45) is 4.99 Å². The number of aryl methyl sites for hydroxylation is 2. The fraction of sp³-hybridized carbons (Fsp3) is 0.438. The highest BCUT2D eigenvalue weighted by Gasteiger charge is 2.66. The summed E-state index contributed by atoms with van der Waals surface area (Å²) in [5, 5.41) is 12.7. The molecule has 2 heterocycles. The van der Waals surface area contributed by atoms with E-state index in [9.17, 15) is 14.7 Å². The number of rotatable bonds is 1. The Bertz CT molecular complexity index is 916. The predicted molar refractivity (Wildman–Crippen MR) is 84.7 cm³/mol. The molecule has 1 aromatic rings. The zero-order chi connectivity index (χ0) is 17.1. The van der Waals surface area contributed by atoms with Gasteiger partial charge in [-0.25, -0.2) is 14.3 Å². The summed E-state index contributed by atoms with van der Waals surface area (Å²) in [5.41, 5.74) is 0.177. The van der Waals surface area contributed by atoms with E-state index in [1.54, 1.807) is 16.2 Å². The molecule has 0 spiro atoms. The molecule has 0 bridgehead atoms. The molecular formula is C16H20N4O3+2. The third-order valence-corrected chi connectivity index (χ3v) is 4.67. The minimum Gasteiger partial charge on any atom is -0.317 e. The maximum absolute atomic E-state index is 12.7. The highest BCUT2D eigenvalue weighted by atomic mass is 16.3. The quantitative estimate of drug-likeness (QED) is 0.650. The van der Waals surface area contributed by atoms with Crippen LogP contribution in [0.25, 0.3) is 0 Å². The Morgan fingerprint density at radius 2 is 1.78 bits per heavy atom. The van der Waals surface area contributed by atoms with E-state index in [1.165, 1.54) is 7.05 Å². The standard InChI is InChI=1S/C16H20N4O3/c1-6-20-12-8-10(3)9(2)7-11(12)18(4)13-16(20,23)14(21)19(5)15(22)17-13/h7-8,23H,6H2,1-5H3/q+2. The first kappa shape index (κ1) is 15.5. The van der Waals surface area contributed by atoms with E-state index in [2.05, 4.69) is 4.99 Å². The van der Waals surface area contributed by atoms with Gasteiger partial charge in [-0.1, -0.05) is 0 Å². The zero-order valence-corrected chi connectivity index (χ0v) is 13.9. The molecule has 120 valence electrons. The Labute approximate surface area is 133 Å². The first-order chi connectivity index (χ1) is 10.7. The van der Waals surface area contributed by atoms with Gasteiger partial charge < -0.3 is 5.11 Å². The smallest absolute Gasteiger partial charge is 0.317 e. The van der Waals surface area contributed by atoms with Crippen LogP contribution in [0.2, 0.25) is 0 Å². The molecule has 0 radical (unpaired) electrons. The molecule has 0 aromatic heterocycles. The maximum Gasteiger partial charge on any atom is 0.460 e. The number of benzene rings is 1. The van der Waals surface area contributed by atoms with E-state index < -0.39 is 17.7 Å². The van der Waals surface area contributed by atoms with Crippen LogP contribution in [0.3, 0.4) is 0 Å². The first-order valence-corrected chi connectivity index (χ1v) is 7.49. The maximum atomic E-state index is 12.7. The van der Waals surface area contributed by atoms with Crippen molar-refractivity contribution in [3.05, 3.63) is 34.0 Å². The predicted octanol–water partition coefficient (Wildman–Crippen LogP) is -1.37. The second kappa shape index (κ2) is 4.79. The third kappa shape index (κ3) is 1.83. The molecule has 0 saturated carbocycles. The number of likely N-dealkylation sites (N-methyl/N-ethyl adjacent to an activating group) is 3. The van der Waals surface area contributed by atoms with Crippen molar-refractivity contribution in [3.8, 4) is 0 Å². The number of aliphatic hydroxyl groups is 1. The van der Waals surface area contributed by atoms with Crippen LogP contribution in [0.5, 0.6) is 0 Å². The van der Waals surface area contributed by atoms with Gasteiger partial charge in [0.05, 0.1) is 7.05 Å². The van der Waals surface area contributed by atoms with Gasteiger partial charge in [0.2, 0.25) is 0 Å². The van der Waals surface area contributed by atoms with Crippen LogP contribution in [0.4, 0.5) is 4.79 Å². The van der Waals surface area contributed by atoms with E-state index in [0.29, 0.717) is 6.54 Å². The topological polar surface area (TPSA) is 76.0 Å². The van der Waals surface area contributed by atoms with Crippen molar-refractivity contribution in [1.29, 1.82) is 0 Å². The number of amidine groups is 1. The molecule has 7 heteroatoms. The van der Waals surface area contributed by atoms with Crippen LogP contribution < -0.4 is 19.9 Å². The largest absolute Gasteiger partial charge is 0.460 e. The summed E-state index contributed by atoms with van der Waals surface area (Å²) in [6.45, 7) is 6.22. The molecule has 1 aromatic carbocycles. The number of imide groups is 1. The summed E-state index contributed by atoms with van der Waals surface area (Å²) >= 11 is 0. The summed E-state index contributed by atoms with van der Waals surface area (Å²) in [4.78, 5) is 29.4. The number of aliphatic imine (C=N–C) groups is 1. The molecular weight excluding hydrogens is 296 g/mol. The van der Waals surface area contributed by atoms with Gasteiger partial charge in [0.15, 0.2) is 5.36 Å². The van der Waals surface area contributed by atoms with Crippen LogP contribution >= 0.6 is 0 Å². The van der Waals surface area contributed by atoms with Crippen LogP contribution in [-0.4, -0.2) is 54.1 Å². The van der Waals surface area contributed by atoms with Crippen molar-refractivity contribution in [2.45, 2.75) is 26.5 Å². The number of fused-ring (bicyclic) bond motifs is 2. The Morgan fingerprint density at radius 1 is 1.22 bits per heavy atom. The fourth-order valence-electron chi connectivity index (χ4n) is 3.16. The number of carbonyl (C=O) groups excluding carboxylic acids is 2. The van der Waals surface area contributed by atoms with Gasteiger partial charge in [-0.15, -0.1) is 0 Å². The summed E-state index contributed by atoms with van der Waals surface area (Å²) in [7, 11) is 3.03. The minimum absolute atomic E-state index is 0.0446. The summed E-state index contributed by atoms with van der Waals surface area (Å²) in [6, 6.07) is 3.25. The van der Waals surface area contributed by atoms with Crippen LogP contribution in [0.1, 0.15) is 18.1 Å². The number of amides is 3. The Balaban J connectivity index is 2.56. The molecule has 3 rings (SSSR count). The highest BCUT2D eigenvalue weighted by Crippen LogP contribution is 2.18. The average molecular weight is 316 g/mol. The van der Waals surface area contributed by atoms with Gasteiger partial charge in [-0.05, 0) is 38.0 Å². The lowest BCUT2D eigenvalue weighted by Crippen LogP contribution is -2.75. The monoisotopic (exact) mass is 316 g/mol. The zero-order valence-electron chi connectivity index (χ0n) is 13.9. The molecule has 1 unspecified atom stereocenters. The molecule has 2 aliphatic heterocycles. The molecule has 3 amide bonds. The molecule has 7 nitrogen and oxygen atoms in total. The lowest BCUT2D eigenvalue weighted by molar-refractivity contribution is -0.146. The molecule has 23 heavy (non-hydrogen) atoms. The van der Waals surface area contributed by atoms with Crippen LogP contribution in [0, 0.1) is 13.8 Å².